The normalized spacial score (nSPS) is 15.3. The van der Waals surface area contributed by atoms with Crippen molar-refractivity contribution < 1.29 is 62.8 Å². The second kappa shape index (κ2) is 46.7. The van der Waals surface area contributed by atoms with E-state index in [1.54, 1.807) is 12.2 Å². The summed E-state index contributed by atoms with van der Waals surface area (Å²) in [6.07, 6.45) is 41.1. The Balaban J connectivity index is 4.93. The van der Waals surface area contributed by atoms with Gasteiger partial charge in [0.25, 0.3) is 0 Å². The predicted molar refractivity (Wildman–Crippen MR) is 280 cm³/mol. The van der Waals surface area contributed by atoms with Crippen molar-refractivity contribution in [3.63, 3.8) is 0 Å². The molecule has 0 aromatic rings. The summed E-state index contributed by atoms with van der Waals surface area (Å²) >= 11 is 1.20. The molecule has 6 atom stereocenters. The number of thioether (sulfide) groups is 1. The minimum absolute atomic E-state index is 0.0188. The van der Waals surface area contributed by atoms with E-state index < -0.39 is 81.8 Å². The van der Waals surface area contributed by atoms with Crippen LogP contribution < -0.4 is 5.73 Å². The number of rotatable bonds is 49. The molecule has 402 valence electrons. The van der Waals surface area contributed by atoms with Crippen molar-refractivity contribution >= 4 is 37.5 Å². The lowest BCUT2D eigenvalue weighted by atomic mass is 10.0. The fourth-order valence-electron chi connectivity index (χ4n) is 7.21. The van der Waals surface area contributed by atoms with Gasteiger partial charge in [0, 0.05) is 23.8 Å². The number of carboxylic acids is 1. The molecule has 0 spiro atoms. The summed E-state index contributed by atoms with van der Waals surface area (Å²) in [5.41, 5.74) is 6.18. The first-order chi connectivity index (χ1) is 33.2. The first-order valence-corrected chi connectivity index (χ1v) is 28.9. The fourth-order valence-corrected chi connectivity index (χ4v) is 9.12. The van der Waals surface area contributed by atoms with Gasteiger partial charge in [-0.1, -0.05) is 198 Å². The van der Waals surface area contributed by atoms with Crippen molar-refractivity contribution in [3.05, 3.63) is 48.6 Å². The highest BCUT2D eigenvalue weighted by Gasteiger charge is 2.28. The topological polar surface area (TPSA) is 232 Å². The first kappa shape index (κ1) is 66.7. The highest BCUT2D eigenvalue weighted by molar-refractivity contribution is 8.00. The number of hydrogen-bond acceptors (Lipinski definition) is 13. The van der Waals surface area contributed by atoms with Gasteiger partial charge >= 0.3 is 25.7 Å². The summed E-state index contributed by atoms with van der Waals surface area (Å²) in [4.78, 5) is 47.0. The van der Waals surface area contributed by atoms with Crippen LogP contribution in [-0.2, 0) is 37.5 Å². The SMILES string of the molecule is CCCCC/C=C\C\C=C/C=C/C=C/[C@@H](SC[C@H](N)C(=O)OC[C@H](COP(=O)(O)OC[C@@H](O)CO)OC(=O)CCCCCCCCCCCCCCCCCCCCC(C)C)[C@@H](O)CCCC(=O)O. The lowest BCUT2D eigenvalue weighted by Crippen LogP contribution is -2.38. The molecule has 1 unspecified atom stereocenters. The third kappa shape index (κ3) is 45.3. The smallest absolute Gasteiger partial charge is 0.472 e. The zero-order valence-corrected chi connectivity index (χ0v) is 44.6. The fraction of sp³-hybridized carbons (Fsp3) is 0.792. The van der Waals surface area contributed by atoms with Crippen LogP contribution in [0.4, 0.5) is 0 Å². The summed E-state index contributed by atoms with van der Waals surface area (Å²) in [6, 6.07) is -1.17. The van der Waals surface area contributed by atoms with E-state index in [-0.39, 0.29) is 31.4 Å². The molecule has 0 saturated heterocycles. The molecular formula is C53H96NO13PS. The second-order valence-electron chi connectivity index (χ2n) is 18.6. The number of ether oxygens (including phenoxy) is 2. The van der Waals surface area contributed by atoms with E-state index in [4.69, 9.17) is 34.5 Å². The minimum atomic E-state index is -4.76. The number of carbonyl (C=O) groups is 3. The molecule has 0 fully saturated rings. The number of unbranched alkanes of at least 4 members (excludes halogenated alkanes) is 20. The van der Waals surface area contributed by atoms with Gasteiger partial charge in [0.05, 0.1) is 25.9 Å². The summed E-state index contributed by atoms with van der Waals surface area (Å²) in [6.45, 7) is 4.16. The Morgan fingerprint density at radius 3 is 1.80 bits per heavy atom. The molecular weight excluding hydrogens is 922 g/mol. The molecule has 0 aromatic carbocycles. The third-order valence-corrected chi connectivity index (χ3v) is 13.8. The van der Waals surface area contributed by atoms with E-state index in [9.17, 15) is 34.1 Å². The zero-order valence-electron chi connectivity index (χ0n) is 42.9. The number of aliphatic carboxylic acids is 1. The monoisotopic (exact) mass is 1020 g/mol. The molecule has 0 bridgehead atoms. The quantitative estimate of drug-likeness (QED) is 0.0109. The molecule has 16 heteroatoms. The molecule has 0 radical (unpaired) electrons. The van der Waals surface area contributed by atoms with Crippen LogP contribution in [-0.4, -0.2) is 105 Å². The molecule has 0 aliphatic rings. The number of aliphatic hydroxyl groups excluding tert-OH is 3. The zero-order chi connectivity index (χ0) is 51.2. The number of phosphoric ester groups is 1. The Bertz CT molecular complexity index is 1430. The Kier molecular flexibility index (Phi) is 45.1. The molecule has 0 aliphatic carbocycles. The van der Waals surface area contributed by atoms with Gasteiger partial charge in [0.2, 0.25) is 0 Å². The Morgan fingerprint density at radius 1 is 0.667 bits per heavy atom. The van der Waals surface area contributed by atoms with Crippen molar-refractivity contribution in [2.75, 3.05) is 32.2 Å². The lowest BCUT2D eigenvalue weighted by Gasteiger charge is -2.22. The van der Waals surface area contributed by atoms with E-state index in [0.717, 1.165) is 44.4 Å². The highest BCUT2D eigenvalue weighted by Crippen LogP contribution is 2.43. The Labute approximate surface area is 421 Å². The van der Waals surface area contributed by atoms with Crippen LogP contribution in [0.5, 0.6) is 0 Å². The summed E-state index contributed by atoms with van der Waals surface area (Å²) in [5, 5.41) is 38.0. The number of phosphoric acid groups is 1. The average Bonchev–Trinajstić information content (AvgIpc) is 3.31. The molecule has 0 rings (SSSR count). The number of allylic oxidation sites excluding steroid dienone is 7. The first-order valence-electron chi connectivity index (χ1n) is 26.4. The number of carboxylic acid groups (broad SMARTS) is 1. The van der Waals surface area contributed by atoms with Crippen molar-refractivity contribution in [1.29, 1.82) is 0 Å². The van der Waals surface area contributed by atoms with Crippen molar-refractivity contribution in [1.82, 2.24) is 0 Å². The summed E-state index contributed by atoms with van der Waals surface area (Å²) < 4.78 is 33.0. The van der Waals surface area contributed by atoms with Crippen molar-refractivity contribution in [3.8, 4) is 0 Å². The van der Waals surface area contributed by atoms with Gasteiger partial charge in [-0.2, -0.15) is 0 Å². The summed E-state index contributed by atoms with van der Waals surface area (Å²) in [7, 11) is -4.76. The molecule has 14 nitrogen and oxygen atoms in total. The van der Waals surface area contributed by atoms with Crippen LogP contribution in [0.25, 0.3) is 0 Å². The number of aliphatic hydroxyl groups is 3. The van der Waals surface area contributed by atoms with Gasteiger partial charge in [-0.25, -0.2) is 4.57 Å². The average molecular weight is 1020 g/mol. The van der Waals surface area contributed by atoms with E-state index in [2.05, 4.69) is 32.9 Å². The highest BCUT2D eigenvalue weighted by atomic mass is 32.2. The largest absolute Gasteiger partial charge is 0.481 e. The molecule has 0 heterocycles. The number of carbonyl (C=O) groups excluding carboxylic acids is 2. The van der Waals surface area contributed by atoms with Gasteiger partial charge in [0.1, 0.15) is 18.8 Å². The lowest BCUT2D eigenvalue weighted by molar-refractivity contribution is -0.161. The maximum atomic E-state index is 13.0. The van der Waals surface area contributed by atoms with Crippen LogP contribution in [0, 0.1) is 5.92 Å². The van der Waals surface area contributed by atoms with Crippen LogP contribution in [0.1, 0.15) is 201 Å². The van der Waals surface area contributed by atoms with Gasteiger partial charge in [-0.05, 0) is 44.4 Å². The summed E-state index contributed by atoms with van der Waals surface area (Å²) in [5.74, 6) is -1.58. The molecule has 0 saturated carbocycles. The number of hydrogen-bond donors (Lipinski definition) is 6. The van der Waals surface area contributed by atoms with Gasteiger partial charge < -0.3 is 40.5 Å². The van der Waals surface area contributed by atoms with Crippen LogP contribution in [0.2, 0.25) is 0 Å². The standard InChI is InChI=1S/C53H96NO13PS/c1-4-5-6-7-8-9-10-20-23-26-29-32-37-50(49(57)36-34-38-51(58)59)69-44-48(54)53(61)64-42-47(43-66-68(62,63)65-41-46(56)40-55)67-52(60)39-33-30-27-24-21-18-16-14-12-11-13-15-17-19-22-25-28-31-35-45(2)3/h8-9,20,23,26,29,32,37,45-50,55-57H,4-7,10-19,21-22,24-25,27-28,30-31,33-36,38-44,54H2,1-3H3,(H,58,59)(H,62,63)/b9-8-,23-20-,29-26+,37-32+/t46-,47+,48-,49-,50+/m0/s1. The second-order valence-corrected chi connectivity index (χ2v) is 21.3. The minimum Gasteiger partial charge on any atom is -0.481 e. The maximum absolute atomic E-state index is 13.0. The van der Waals surface area contributed by atoms with E-state index in [0.29, 0.717) is 6.42 Å². The molecule has 0 aliphatic heterocycles. The van der Waals surface area contributed by atoms with Crippen molar-refractivity contribution in [2.24, 2.45) is 11.7 Å². The molecule has 69 heavy (non-hydrogen) atoms. The van der Waals surface area contributed by atoms with E-state index >= 15 is 0 Å². The number of nitrogens with two attached hydrogens (primary N) is 1. The maximum Gasteiger partial charge on any atom is 0.472 e. The Hall–Kier alpha value is -2.33. The molecule has 0 amide bonds. The van der Waals surface area contributed by atoms with Gasteiger partial charge in [-0.3, -0.25) is 23.4 Å². The van der Waals surface area contributed by atoms with Gasteiger partial charge in [0.15, 0.2) is 6.10 Å². The van der Waals surface area contributed by atoms with Crippen molar-refractivity contribution in [2.45, 2.75) is 230 Å². The molecule has 7 N–H and O–H groups in total. The number of esters is 2. The third-order valence-electron chi connectivity index (χ3n) is 11.4. The predicted octanol–water partition coefficient (Wildman–Crippen LogP) is 11.6. The van der Waals surface area contributed by atoms with Crippen LogP contribution in [0.3, 0.4) is 0 Å². The van der Waals surface area contributed by atoms with E-state index in [1.165, 1.54) is 121 Å². The molecule has 0 aromatic heterocycles. The van der Waals surface area contributed by atoms with Crippen LogP contribution >= 0.6 is 19.6 Å². The van der Waals surface area contributed by atoms with E-state index in [1.807, 2.05) is 24.3 Å². The van der Waals surface area contributed by atoms with Crippen LogP contribution in [0.15, 0.2) is 48.6 Å². The van der Waals surface area contributed by atoms with Gasteiger partial charge in [-0.15, -0.1) is 11.8 Å². The Morgan fingerprint density at radius 2 is 1.23 bits per heavy atom.